The van der Waals surface area contributed by atoms with Gasteiger partial charge in [-0.25, -0.2) is 0 Å². The van der Waals surface area contributed by atoms with E-state index in [1.54, 1.807) is 14.2 Å². The molecule has 2 atom stereocenters. The molecule has 0 aromatic heterocycles. The maximum atomic E-state index is 12.3. The van der Waals surface area contributed by atoms with Gasteiger partial charge >= 0.3 is 0 Å². The molecule has 0 aliphatic heterocycles. The van der Waals surface area contributed by atoms with Crippen LogP contribution in [0.25, 0.3) is 0 Å². The lowest BCUT2D eigenvalue weighted by Crippen LogP contribution is -2.46. The van der Waals surface area contributed by atoms with Gasteiger partial charge in [0.1, 0.15) is 0 Å². The van der Waals surface area contributed by atoms with Gasteiger partial charge in [0.05, 0.1) is 20.3 Å². The van der Waals surface area contributed by atoms with Crippen molar-refractivity contribution in [3.8, 4) is 11.5 Å². The van der Waals surface area contributed by atoms with Crippen LogP contribution in [0.5, 0.6) is 11.5 Å². The molecule has 134 valence electrons. The van der Waals surface area contributed by atoms with E-state index in [4.69, 9.17) is 15.2 Å². The molecule has 1 unspecified atom stereocenters. The van der Waals surface area contributed by atoms with Gasteiger partial charge in [0.25, 0.3) is 0 Å². The first kappa shape index (κ1) is 18.8. The fraction of sp³-hybridized carbons (Fsp3) is 0.350. The number of amides is 1. The summed E-state index contributed by atoms with van der Waals surface area (Å²) < 4.78 is 10.5. The molecule has 5 nitrogen and oxygen atoms in total. The highest BCUT2D eigenvalue weighted by Gasteiger charge is 2.17. The van der Waals surface area contributed by atoms with Crippen LogP contribution in [0.3, 0.4) is 0 Å². The van der Waals surface area contributed by atoms with Crippen LogP contribution in [0.2, 0.25) is 0 Å². The molecule has 0 aliphatic rings. The molecular weight excluding hydrogens is 316 g/mol. The van der Waals surface area contributed by atoms with Gasteiger partial charge < -0.3 is 20.5 Å². The van der Waals surface area contributed by atoms with Crippen LogP contribution < -0.4 is 20.5 Å². The normalized spacial score (nSPS) is 13.0. The molecule has 0 saturated heterocycles. The maximum absolute atomic E-state index is 12.3. The van der Waals surface area contributed by atoms with Crippen molar-refractivity contribution < 1.29 is 14.3 Å². The number of rotatable bonds is 8. The summed E-state index contributed by atoms with van der Waals surface area (Å²) in [6.45, 7) is 1.96. The van der Waals surface area contributed by atoms with Crippen LogP contribution in [0.4, 0.5) is 0 Å². The average Bonchev–Trinajstić information content (AvgIpc) is 2.62. The van der Waals surface area contributed by atoms with Crippen molar-refractivity contribution in [1.82, 2.24) is 5.32 Å². The predicted octanol–water partition coefficient (Wildman–Crippen LogP) is 2.32. The summed E-state index contributed by atoms with van der Waals surface area (Å²) in [5.74, 6) is 1.23. The summed E-state index contributed by atoms with van der Waals surface area (Å²) in [5, 5.41) is 2.98. The van der Waals surface area contributed by atoms with Crippen LogP contribution in [-0.4, -0.2) is 32.2 Å². The standard InChI is InChI=1S/C20H26N2O3/c1-14(11-16-9-10-18(24-2)19(13-16)25-3)22-20(23)17(21)12-15-7-5-4-6-8-15/h4-10,13-14,17H,11-12,21H2,1-3H3,(H,22,23)/t14?,17-/m0/s1. The third-order valence-electron chi connectivity index (χ3n) is 4.01. The molecule has 0 fully saturated rings. The number of carbonyl (C=O) groups excluding carboxylic acids is 1. The van der Waals surface area contributed by atoms with E-state index in [9.17, 15) is 4.79 Å². The molecule has 2 aromatic carbocycles. The van der Waals surface area contributed by atoms with Crippen LogP contribution in [0.1, 0.15) is 18.1 Å². The Morgan fingerprint density at radius 1 is 1.00 bits per heavy atom. The van der Waals surface area contributed by atoms with E-state index in [1.165, 1.54) is 0 Å². The highest BCUT2D eigenvalue weighted by Crippen LogP contribution is 2.27. The molecule has 0 saturated carbocycles. The van der Waals surface area contributed by atoms with E-state index < -0.39 is 6.04 Å². The predicted molar refractivity (Wildman–Crippen MR) is 99.0 cm³/mol. The first-order valence-electron chi connectivity index (χ1n) is 8.34. The first-order valence-corrected chi connectivity index (χ1v) is 8.34. The monoisotopic (exact) mass is 342 g/mol. The molecule has 1 amide bonds. The molecular formula is C20H26N2O3. The van der Waals surface area contributed by atoms with E-state index in [0.717, 1.165) is 11.1 Å². The number of nitrogens with two attached hydrogens (primary N) is 1. The van der Waals surface area contributed by atoms with Gasteiger partial charge in [-0.3, -0.25) is 4.79 Å². The Labute approximate surface area is 149 Å². The number of methoxy groups -OCH3 is 2. The molecule has 0 bridgehead atoms. The van der Waals surface area contributed by atoms with Crippen molar-refractivity contribution in [1.29, 1.82) is 0 Å². The highest BCUT2D eigenvalue weighted by atomic mass is 16.5. The van der Waals surface area contributed by atoms with Crippen molar-refractivity contribution in [3.63, 3.8) is 0 Å². The quantitative estimate of drug-likeness (QED) is 0.772. The van der Waals surface area contributed by atoms with Crippen LogP contribution in [-0.2, 0) is 17.6 Å². The third kappa shape index (κ3) is 5.50. The summed E-state index contributed by atoms with van der Waals surface area (Å²) in [5.41, 5.74) is 8.14. The Kier molecular flexibility index (Phi) is 6.83. The van der Waals surface area contributed by atoms with Gasteiger partial charge in [-0.1, -0.05) is 36.4 Å². The Hall–Kier alpha value is -2.53. The van der Waals surface area contributed by atoms with E-state index in [-0.39, 0.29) is 11.9 Å². The zero-order chi connectivity index (χ0) is 18.2. The lowest BCUT2D eigenvalue weighted by molar-refractivity contribution is -0.122. The molecule has 2 aromatic rings. The van der Waals surface area contributed by atoms with Crippen molar-refractivity contribution in [2.45, 2.75) is 31.8 Å². The Balaban J connectivity index is 1.90. The molecule has 0 radical (unpaired) electrons. The van der Waals surface area contributed by atoms with Gasteiger partial charge in [-0.2, -0.15) is 0 Å². The zero-order valence-electron chi connectivity index (χ0n) is 15.0. The second-order valence-electron chi connectivity index (χ2n) is 6.10. The van der Waals surface area contributed by atoms with Crippen LogP contribution in [0, 0.1) is 0 Å². The van der Waals surface area contributed by atoms with Crippen molar-refractivity contribution in [2.24, 2.45) is 5.73 Å². The van der Waals surface area contributed by atoms with Crippen LogP contribution in [0.15, 0.2) is 48.5 Å². The number of hydrogen-bond donors (Lipinski definition) is 2. The second-order valence-corrected chi connectivity index (χ2v) is 6.10. The molecule has 0 aliphatic carbocycles. The Morgan fingerprint density at radius 3 is 2.32 bits per heavy atom. The number of benzene rings is 2. The summed E-state index contributed by atoms with van der Waals surface area (Å²) in [6.07, 6.45) is 1.21. The van der Waals surface area contributed by atoms with Gasteiger partial charge in [0.2, 0.25) is 5.91 Å². The Bertz CT molecular complexity index is 689. The molecule has 5 heteroatoms. The van der Waals surface area contributed by atoms with Crippen molar-refractivity contribution in [3.05, 3.63) is 59.7 Å². The number of carbonyl (C=O) groups is 1. The van der Waals surface area contributed by atoms with Gasteiger partial charge in [-0.15, -0.1) is 0 Å². The Morgan fingerprint density at radius 2 is 1.68 bits per heavy atom. The van der Waals surface area contributed by atoms with Gasteiger partial charge in [0, 0.05) is 6.04 Å². The fourth-order valence-corrected chi connectivity index (χ4v) is 2.72. The van der Waals surface area contributed by atoms with Gasteiger partial charge in [0.15, 0.2) is 11.5 Å². The van der Waals surface area contributed by atoms with Crippen LogP contribution >= 0.6 is 0 Å². The van der Waals surface area contributed by atoms with Gasteiger partial charge in [-0.05, 0) is 43.0 Å². The number of ether oxygens (including phenoxy) is 2. The molecule has 0 heterocycles. The average molecular weight is 342 g/mol. The summed E-state index contributed by atoms with van der Waals surface area (Å²) in [6, 6.07) is 14.9. The number of nitrogens with one attached hydrogen (secondary N) is 1. The topological polar surface area (TPSA) is 73.6 Å². The second kappa shape index (κ2) is 9.08. The smallest absolute Gasteiger partial charge is 0.237 e. The molecule has 2 rings (SSSR count). The van der Waals surface area contributed by atoms with E-state index in [1.807, 2.05) is 55.5 Å². The first-order chi connectivity index (χ1) is 12.0. The maximum Gasteiger partial charge on any atom is 0.237 e. The summed E-state index contributed by atoms with van der Waals surface area (Å²) in [4.78, 5) is 12.3. The zero-order valence-corrected chi connectivity index (χ0v) is 15.0. The minimum Gasteiger partial charge on any atom is -0.493 e. The number of hydrogen-bond acceptors (Lipinski definition) is 4. The van der Waals surface area contributed by atoms with E-state index in [2.05, 4.69) is 5.32 Å². The lowest BCUT2D eigenvalue weighted by Gasteiger charge is -2.18. The van der Waals surface area contributed by atoms with E-state index in [0.29, 0.717) is 24.3 Å². The van der Waals surface area contributed by atoms with Crippen molar-refractivity contribution in [2.75, 3.05) is 14.2 Å². The lowest BCUT2D eigenvalue weighted by atomic mass is 10.0. The largest absolute Gasteiger partial charge is 0.493 e. The minimum atomic E-state index is -0.560. The summed E-state index contributed by atoms with van der Waals surface area (Å²) in [7, 11) is 3.21. The SMILES string of the molecule is COc1ccc(CC(C)NC(=O)[C@@H](N)Cc2ccccc2)cc1OC. The molecule has 25 heavy (non-hydrogen) atoms. The van der Waals surface area contributed by atoms with E-state index >= 15 is 0 Å². The molecule has 3 N–H and O–H groups in total. The minimum absolute atomic E-state index is 0.0348. The molecule has 0 spiro atoms. The van der Waals surface area contributed by atoms with Crippen molar-refractivity contribution >= 4 is 5.91 Å². The highest BCUT2D eigenvalue weighted by molar-refractivity contribution is 5.82. The summed E-state index contributed by atoms with van der Waals surface area (Å²) >= 11 is 0. The third-order valence-corrected chi connectivity index (χ3v) is 4.01. The fourth-order valence-electron chi connectivity index (χ4n) is 2.72.